The zero-order valence-electron chi connectivity index (χ0n) is 9.02. The maximum absolute atomic E-state index is 11.2. The lowest BCUT2D eigenvalue weighted by atomic mass is 10.2. The third kappa shape index (κ3) is 2.64. The fourth-order valence-corrected chi connectivity index (χ4v) is 1.14. The summed E-state index contributed by atoms with van der Waals surface area (Å²) in [4.78, 5) is 11.2. The fourth-order valence-electron chi connectivity index (χ4n) is 1.14. The van der Waals surface area contributed by atoms with E-state index in [1.165, 1.54) is 20.3 Å². The molecule has 1 aromatic rings. The van der Waals surface area contributed by atoms with E-state index in [0.29, 0.717) is 17.1 Å². The van der Waals surface area contributed by atoms with E-state index >= 15 is 0 Å². The Morgan fingerprint density at radius 3 is 2.69 bits per heavy atom. The number of methoxy groups -OCH3 is 2. The molecule has 0 heterocycles. The summed E-state index contributed by atoms with van der Waals surface area (Å²) in [6.45, 7) is -0.0755. The maximum Gasteiger partial charge on any atom is 0.337 e. The average Bonchev–Trinajstić information content (AvgIpc) is 2.35. The first kappa shape index (κ1) is 11.9. The zero-order valence-corrected chi connectivity index (χ0v) is 9.02. The predicted molar refractivity (Wildman–Crippen MR) is 55.4 cm³/mol. The summed E-state index contributed by atoms with van der Waals surface area (Å²) >= 11 is 0. The highest BCUT2D eigenvalue weighted by Gasteiger charge is 2.10. The average molecular weight is 221 g/mol. The number of benzene rings is 1. The first-order chi connectivity index (χ1) is 7.72. The molecule has 0 saturated heterocycles. The Morgan fingerprint density at radius 2 is 2.12 bits per heavy atom. The molecule has 0 amide bonds. The number of hydrogen-bond donors (Lipinski definition) is 0. The molecule has 84 valence electrons. The molecule has 0 saturated carbocycles. The molecule has 0 aliphatic heterocycles. The van der Waals surface area contributed by atoms with Gasteiger partial charge in [-0.25, -0.2) is 4.79 Å². The van der Waals surface area contributed by atoms with Crippen LogP contribution in [0.1, 0.15) is 10.4 Å². The van der Waals surface area contributed by atoms with Crippen LogP contribution >= 0.6 is 0 Å². The highest BCUT2D eigenvalue weighted by Crippen LogP contribution is 2.28. The van der Waals surface area contributed by atoms with Crippen LogP contribution in [0.4, 0.5) is 0 Å². The number of nitriles is 1. The van der Waals surface area contributed by atoms with Gasteiger partial charge in [0.15, 0.2) is 18.1 Å². The Bertz CT molecular complexity index is 422. The van der Waals surface area contributed by atoms with E-state index in [4.69, 9.17) is 14.7 Å². The number of carbonyl (C=O) groups excluding carboxylic acids is 1. The van der Waals surface area contributed by atoms with E-state index in [0.717, 1.165) is 0 Å². The SMILES string of the molecule is COC(=O)c1ccc(OCC#N)c(OC)c1. The van der Waals surface area contributed by atoms with Crippen molar-refractivity contribution in [2.45, 2.75) is 0 Å². The minimum Gasteiger partial charge on any atom is -0.493 e. The molecule has 0 radical (unpaired) electrons. The number of hydrogen-bond acceptors (Lipinski definition) is 5. The van der Waals surface area contributed by atoms with Crippen LogP contribution in [0.2, 0.25) is 0 Å². The van der Waals surface area contributed by atoms with Crippen molar-refractivity contribution in [3.05, 3.63) is 23.8 Å². The number of rotatable bonds is 4. The van der Waals surface area contributed by atoms with Crippen molar-refractivity contribution < 1.29 is 19.0 Å². The molecule has 5 nitrogen and oxygen atoms in total. The van der Waals surface area contributed by atoms with Crippen LogP contribution in [0.25, 0.3) is 0 Å². The molecule has 0 fully saturated rings. The topological polar surface area (TPSA) is 68.5 Å². The summed E-state index contributed by atoms with van der Waals surface area (Å²) < 4.78 is 14.7. The van der Waals surface area contributed by atoms with E-state index in [2.05, 4.69) is 4.74 Å². The van der Waals surface area contributed by atoms with E-state index in [-0.39, 0.29) is 6.61 Å². The van der Waals surface area contributed by atoms with Crippen LogP contribution in [0.3, 0.4) is 0 Å². The minimum atomic E-state index is -0.454. The van der Waals surface area contributed by atoms with Crippen molar-refractivity contribution in [1.82, 2.24) is 0 Å². The Kier molecular flexibility index (Phi) is 4.16. The van der Waals surface area contributed by atoms with Gasteiger partial charge in [0.25, 0.3) is 0 Å². The van der Waals surface area contributed by atoms with Crippen molar-refractivity contribution in [1.29, 1.82) is 5.26 Å². The number of esters is 1. The zero-order chi connectivity index (χ0) is 12.0. The van der Waals surface area contributed by atoms with Gasteiger partial charge >= 0.3 is 5.97 Å². The van der Waals surface area contributed by atoms with Crippen LogP contribution in [-0.4, -0.2) is 26.8 Å². The molecule has 0 N–H and O–H groups in total. The molecule has 0 aliphatic carbocycles. The van der Waals surface area contributed by atoms with Crippen LogP contribution in [0.15, 0.2) is 18.2 Å². The van der Waals surface area contributed by atoms with Gasteiger partial charge in [0, 0.05) is 0 Å². The van der Waals surface area contributed by atoms with E-state index in [9.17, 15) is 4.79 Å². The van der Waals surface area contributed by atoms with E-state index < -0.39 is 5.97 Å². The lowest BCUT2D eigenvalue weighted by Gasteiger charge is -2.09. The number of ether oxygens (including phenoxy) is 3. The molecule has 16 heavy (non-hydrogen) atoms. The van der Waals surface area contributed by atoms with Gasteiger partial charge < -0.3 is 14.2 Å². The first-order valence-electron chi connectivity index (χ1n) is 4.49. The van der Waals surface area contributed by atoms with Gasteiger partial charge in [0.1, 0.15) is 6.07 Å². The minimum absolute atomic E-state index is 0.0755. The van der Waals surface area contributed by atoms with Crippen molar-refractivity contribution >= 4 is 5.97 Å². The maximum atomic E-state index is 11.2. The van der Waals surface area contributed by atoms with Crippen molar-refractivity contribution in [2.24, 2.45) is 0 Å². The van der Waals surface area contributed by atoms with Gasteiger partial charge in [-0.05, 0) is 18.2 Å². The molecule has 0 spiro atoms. The smallest absolute Gasteiger partial charge is 0.337 e. The molecular weight excluding hydrogens is 210 g/mol. The summed E-state index contributed by atoms with van der Waals surface area (Å²) in [6, 6.07) is 6.45. The molecule has 1 rings (SSSR count). The van der Waals surface area contributed by atoms with E-state index in [1.54, 1.807) is 12.1 Å². The van der Waals surface area contributed by atoms with Gasteiger partial charge in [0.05, 0.1) is 19.8 Å². The summed E-state index contributed by atoms with van der Waals surface area (Å²) in [6.07, 6.45) is 0. The standard InChI is InChI=1S/C11H11NO4/c1-14-10-7-8(11(13)15-2)3-4-9(10)16-6-5-12/h3-4,7H,6H2,1-2H3. The quantitative estimate of drug-likeness (QED) is 0.718. The molecule has 0 unspecified atom stereocenters. The third-order valence-corrected chi connectivity index (χ3v) is 1.88. The second-order valence-corrected chi connectivity index (χ2v) is 2.80. The summed E-state index contributed by atoms with van der Waals surface area (Å²) in [5.41, 5.74) is 0.364. The summed E-state index contributed by atoms with van der Waals surface area (Å²) in [5, 5.41) is 8.38. The third-order valence-electron chi connectivity index (χ3n) is 1.88. The van der Waals surface area contributed by atoms with Crippen molar-refractivity contribution in [3.63, 3.8) is 0 Å². The number of nitrogens with zero attached hydrogens (tertiary/aromatic N) is 1. The van der Waals surface area contributed by atoms with Crippen LogP contribution in [-0.2, 0) is 4.74 Å². The largest absolute Gasteiger partial charge is 0.493 e. The second kappa shape index (κ2) is 5.61. The first-order valence-corrected chi connectivity index (χ1v) is 4.49. The highest BCUT2D eigenvalue weighted by atomic mass is 16.5. The second-order valence-electron chi connectivity index (χ2n) is 2.80. The summed E-state index contributed by atoms with van der Waals surface area (Å²) in [7, 11) is 2.75. The molecule has 1 aromatic carbocycles. The van der Waals surface area contributed by atoms with Crippen molar-refractivity contribution in [3.8, 4) is 17.6 Å². The molecule has 0 atom stereocenters. The Balaban J connectivity index is 2.98. The predicted octanol–water partition coefficient (Wildman–Crippen LogP) is 1.38. The van der Waals surface area contributed by atoms with Crippen LogP contribution in [0.5, 0.6) is 11.5 Å². The number of carbonyl (C=O) groups is 1. The van der Waals surface area contributed by atoms with Crippen LogP contribution < -0.4 is 9.47 Å². The monoisotopic (exact) mass is 221 g/mol. The van der Waals surface area contributed by atoms with Gasteiger partial charge in [-0.2, -0.15) is 5.26 Å². The van der Waals surface area contributed by atoms with Gasteiger partial charge in [-0.15, -0.1) is 0 Å². The Labute approximate surface area is 93.2 Å². The molecular formula is C11H11NO4. The molecule has 5 heteroatoms. The lowest BCUT2D eigenvalue weighted by molar-refractivity contribution is 0.0600. The molecule has 0 aromatic heterocycles. The Morgan fingerprint density at radius 1 is 1.38 bits per heavy atom. The molecule has 0 bridgehead atoms. The highest BCUT2D eigenvalue weighted by molar-refractivity contribution is 5.90. The van der Waals surface area contributed by atoms with Crippen molar-refractivity contribution in [2.75, 3.05) is 20.8 Å². The van der Waals surface area contributed by atoms with Gasteiger partial charge in [-0.1, -0.05) is 0 Å². The summed E-state index contributed by atoms with van der Waals surface area (Å²) in [5.74, 6) is 0.347. The van der Waals surface area contributed by atoms with E-state index in [1.807, 2.05) is 6.07 Å². The Hall–Kier alpha value is -2.22. The van der Waals surface area contributed by atoms with Gasteiger partial charge in [0.2, 0.25) is 0 Å². The normalized spacial score (nSPS) is 9.06. The fraction of sp³-hybridized carbons (Fsp3) is 0.273. The lowest BCUT2D eigenvalue weighted by Crippen LogP contribution is -2.03. The van der Waals surface area contributed by atoms with Crippen LogP contribution in [0, 0.1) is 11.3 Å². The van der Waals surface area contributed by atoms with Gasteiger partial charge in [-0.3, -0.25) is 0 Å². The molecule has 0 aliphatic rings.